The van der Waals surface area contributed by atoms with E-state index in [0.29, 0.717) is 21.6 Å². The van der Waals surface area contributed by atoms with Crippen LogP contribution < -0.4 is 11.1 Å². The first-order valence-corrected chi connectivity index (χ1v) is 7.44. The maximum Gasteiger partial charge on any atom is 0.237 e. The van der Waals surface area contributed by atoms with Crippen LogP contribution in [0.2, 0.25) is 10.0 Å². The number of hydrogen-bond donors (Lipinski definition) is 2. The van der Waals surface area contributed by atoms with Gasteiger partial charge in [-0.2, -0.15) is 0 Å². The zero-order valence-electron chi connectivity index (χ0n) is 10.4. The molecule has 0 saturated heterocycles. The van der Waals surface area contributed by atoms with Gasteiger partial charge in [0.15, 0.2) is 0 Å². The first-order chi connectivity index (χ1) is 8.74. The average molecular weight is 384 g/mol. The highest BCUT2D eigenvalue weighted by Gasteiger charge is 2.35. The predicted octanol–water partition coefficient (Wildman–Crippen LogP) is 4.40. The van der Waals surface area contributed by atoms with Crippen molar-refractivity contribution in [3.05, 3.63) is 26.7 Å². The lowest BCUT2D eigenvalue weighted by Gasteiger charge is -2.25. The highest BCUT2D eigenvalue weighted by atomic mass is 79.9. The minimum atomic E-state index is -0.918. The van der Waals surface area contributed by atoms with Gasteiger partial charge in [-0.25, -0.2) is 0 Å². The minimum absolute atomic E-state index is 0.145. The van der Waals surface area contributed by atoms with Gasteiger partial charge in [0, 0.05) is 4.47 Å². The summed E-state index contributed by atoms with van der Waals surface area (Å²) < 4.78 is 0.657. The number of amides is 1. The molecule has 0 saturated carbocycles. The van der Waals surface area contributed by atoms with Gasteiger partial charge in [-0.05, 0) is 41.4 Å². The topological polar surface area (TPSA) is 55.1 Å². The van der Waals surface area contributed by atoms with Gasteiger partial charge >= 0.3 is 0 Å². The number of rotatable bonds is 4. The molecule has 0 heterocycles. The molecule has 1 aromatic carbocycles. The number of benzene rings is 1. The van der Waals surface area contributed by atoms with E-state index in [1.807, 2.05) is 6.92 Å². The Hall–Kier alpha value is -0.360. The zero-order chi connectivity index (χ0) is 14.8. The summed E-state index contributed by atoms with van der Waals surface area (Å²) >= 11 is 20.3. The van der Waals surface area contributed by atoms with Gasteiger partial charge in [0.2, 0.25) is 5.91 Å². The average Bonchev–Trinajstić information content (AvgIpc) is 2.38. The summed E-state index contributed by atoms with van der Waals surface area (Å²) in [5, 5.41) is 3.32. The minimum Gasteiger partial charge on any atom is -0.392 e. The van der Waals surface area contributed by atoms with Crippen LogP contribution in [-0.4, -0.2) is 10.9 Å². The lowest BCUT2D eigenvalue weighted by atomic mass is 9.86. The highest BCUT2D eigenvalue weighted by Crippen LogP contribution is 2.36. The summed E-state index contributed by atoms with van der Waals surface area (Å²) in [5.41, 5.74) is 5.14. The third-order valence-corrected chi connectivity index (χ3v) is 5.26. The molecule has 1 unspecified atom stereocenters. The van der Waals surface area contributed by atoms with Crippen LogP contribution >= 0.6 is 51.3 Å². The van der Waals surface area contributed by atoms with Gasteiger partial charge in [-0.3, -0.25) is 4.79 Å². The third-order valence-electron chi connectivity index (χ3n) is 3.04. The van der Waals surface area contributed by atoms with Crippen molar-refractivity contribution in [3.63, 3.8) is 0 Å². The van der Waals surface area contributed by atoms with Gasteiger partial charge < -0.3 is 11.1 Å². The molecule has 104 valence electrons. The van der Waals surface area contributed by atoms with Crippen LogP contribution in [0.5, 0.6) is 0 Å². The smallest absolute Gasteiger partial charge is 0.237 e. The van der Waals surface area contributed by atoms with E-state index in [9.17, 15) is 4.79 Å². The molecule has 3 N–H and O–H groups in total. The van der Waals surface area contributed by atoms with E-state index < -0.39 is 5.41 Å². The van der Waals surface area contributed by atoms with E-state index in [4.69, 9.17) is 41.2 Å². The maximum atomic E-state index is 12.3. The van der Waals surface area contributed by atoms with E-state index in [1.165, 1.54) is 0 Å². The summed E-state index contributed by atoms with van der Waals surface area (Å²) in [6.07, 6.45) is 0.496. The first kappa shape index (κ1) is 16.7. The quantitative estimate of drug-likeness (QED) is 0.598. The number of nitrogens with one attached hydrogen (secondary N) is 1. The predicted molar refractivity (Wildman–Crippen MR) is 88.0 cm³/mol. The monoisotopic (exact) mass is 382 g/mol. The molecule has 3 nitrogen and oxygen atoms in total. The van der Waals surface area contributed by atoms with Crippen molar-refractivity contribution in [1.82, 2.24) is 0 Å². The molecule has 0 spiro atoms. The molecule has 0 aliphatic carbocycles. The fourth-order valence-electron chi connectivity index (χ4n) is 1.33. The second-order valence-electron chi connectivity index (χ2n) is 4.23. The molecule has 1 aromatic rings. The number of anilines is 1. The van der Waals surface area contributed by atoms with Crippen molar-refractivity contribution in [2.75, 3.05) is 5.32 Å². The van der Waals surface area contributed by atoms with Crippen molar-refractivity contribution in [3.8, 4) is 0 Å². The standard InChI is InChI=1S/C12H13BrCl2N2OS/c1-3-12(2,10(16)19)11(18)17-7-5-4-6(13)8(14)9(7)15/h4-5H,3H2,1-2H3,(H2,16,19)(H,17,18). The highest BCUT2D eigenvalue weighted by molar-refractivity contribution is 9.10. The molecule has 1 amide bonds. The normalized spacial score (nSPS) is 13.7. The van der Waals surface area contributed by atoms with Gasteiger partial charge in [-0.1, -0.05) is 42.3 Å². The Morgan fingerprint density at radius 2 is 2.05 bits per heavy atom. The molecule has 0 aromatic heterocycles. The maximum absolute atomic E-state index is 12.3. The van der Waals surface area contributed by atoms with Crippen molar-refractivity contribution in [2.24, 2.45) is 11.1 Å². The van der Waals surface area contributed by atoms with Crippen LogP contribution in [0.25, 0.3) is 0 Å². The number of halogens is 3. The van der Waals surface area contributed by atoms with Gasteiger partial charge in [-0.15, -0.1) is 0 Å². The molecule has 0 fully saturated rings. The summed E-state index contributed by atoms with van der Waals surface area (Å²) in [5.74, 6) is -0.303. The Morgan fingerprint density at radius 3 is 2.53 bits per heavy atom. The summed E-state index contributed by atoms with van der Waals surface area (Å²) in [6, 6.07) is 3.36. The van der Waals surface area contributed by atoms with Crippen LogP contribution in [-0.2, 0) is 4.79 Å². The summed E-state index contributed by atoms with van der Waals surface area (Å²) in [6.45, 7) is 3.54. The van der Waals surface area contributed by atoms with E-state index in [0.717, 1.165) is 0 Å². The largest absolute Gasteiger partial charge is 0.392 e. The van der Waals surface area contributed by atoms with E-state index in [-0.39, 0.29) is 15.9 Å². The Bertz CT molecular complexity index is 539. The van der Waals surface area contributed by atoms with E-state index in [1.54, 1.807) is 19.1 Å². The van der Waals surface area contributed by atoms with Crippen molar-refractivity contribution in [1.29, 1.82) is 0 Å². The fourth-order valence-corrected chi connectivity index (χ4v) is 2.39. The molecule has 0 aliphatic heterocycles. The number of carbonyl (C=O) groups is 1. The second kappa shape index (κ2) is 6.39. The molecular formula is C12H13BrCl2N2OS. The number of nitrogens with two attached hydrogens (primary N) is 1. The zero-order valence-corrected chi connectivity index (χ0v) is 14.3. The van der Waals surface area contributed by atoms with Gasteiger partial charge in [0.1, 0.15) is 0 Å². The van der Waals surface area contributed by atoms with Crippen LogP contribution in [0.15, 0.2) is 16.6 Å². The van der Waals surface area contributed by atoms with E-state index >= 15 is 0 Å². The number of thiocarbonyl (C=S) groups is 1. The van der Waals surface area contributed by atoms with Crippen LogP contribution in [0.4, 0.5) is 5.69 Å². The molecule has 19 heavy (non-hydrogen) atoms. The Morgan fingerprint density at radius 1 is 1.47 bits per heavy atom. The molecule has 1 atom stereocenters. The van der Waals surface area contributed by atoms with Crippen LogP contribution in [0, 0.1) is 5.41 Å². The van der Waals surface area contributed by atoms with Crippen molar-refractivity contribution >= 4 is 67.9 Å². The summed E-state index contributed by atoms with van der Waals surface area (Å²) in [4.78, 5) is 12.4. The lowest BCUT2D eigenvalue weighted by Crippen LogP contribution is -2.43. The Labute approximate surface area is 136 Å². The lowest BCUT2D eigenvalue weighted by molar-refractivity contribution is -0.121. The SMILES string of the molecule is CCC(C)(C(=O)Nc1ccc(Br)c(Cl)c1Cl)C(N)=S. The fraction of sp³-hybridized carbons (Fsp3) is 0.333. The second-order valence-corrected chi connectivity index (χ2v) is 6.28. The van der Waals surface area contributed by atoms with Crippen molar-refractivity contribution in [2.45, 2.75) is 20.3 Å². The Balaban J connectivity index is 3.07. The first-order valence-electron chi connectivity index (χ1n) is 5.49. The molecule has 0 radical (unpaired) electrons. The molecule has 1 rings (SSSR count). The molecular weight excluding hydrogens is 371 g/mol. The van der Waals surface area contributed by atoms with Gasteiger partial charge in [0.05, 0.1) is 26.1 Å². The third kappa shape index (κ3) is 3.40. The van der Waals surface area contributed by atoms with Crippen molar-refractivity contribution < 1.29 is 4.79 Å². The number of hydrogen-bond acceptors (Lipinski definition) is 2. The van der Waals surface area contributed by atoms with Crippen LogP contribution in [0.3, 0.4) is 0 Å². The van der Waals surface area contributed by atoms with Crippen LogP contribution in [0.1, 0.15) is 20.3 Å². The number of carbonyl (C=O) groups excluding carboxylic acids is 1. The molecule has 0 aliphatic rings. The molecule has 7 heteroatoms. The van der Waals surface area contributed by atoms with E-state index in [2.05, 4.69) is 21.2 Å². The summed E-state index contributed by atoms with van der Waals surface area (Å²) in [7, 11) is 0. The Kier molecular flexibility index (Phi) is 5.62. The molecule has 0 bridgehead atoms. The van der Waals surface area contributed by atoms with Gasteiger partial charge in [0.25, 0.3) is 0 Å².